The Balaban J connectivity index is 2.38. The molecule has 16 heavy (non-hydrogen) atoms. The van der Waals surface area contributed by atoms with E-state index in [9.17, 15) is 8.78 Å². The standard InChI is InChI=1S/C12H7F2.BrH.Mg/c13-11-7-6-10(8-12(11)14)9-4-2-1-3-5-9;;/h2-8H;1H;/q;;+1/p-1. The number of halogens is 3. The Labute approximate surface area is 108 Å². The zero-order valence-corrected chi connectivity index (χ0v) is 11.4. The van der Waals surface area contributed by atoms with E-state index in [0.717, 1.165) is 11.6 Å². The zero-order chi connectivity index (χ0) is 11.5. The van der Waals surface area contributed by atoms with Gasteiger partial charge in [0.25, 0.3) is 0 Å². The molecule has 0 fully saturated rings. The monoisotopic (exact) mass is 292 g/mol. The van der Waals surface area contributed by atoms with Crippen molar-refractivity contribution in [1.29, 1.82) is 0 Å². The molecular formula is C12H7BrF2Mg. The molecule has 0 aliphatic rings. The molecule has 0 bridgehead atoms. The second-order valence-electron chi connectivity index (χ2n) is 3.46. The molecule has 2 rings (SSSR count). The molecule has 0 spiro atoms. The summed E-state index contributed by atoms with van der Waals surface area (Å²) in [7, 11) is 0. The summed E-state index contributed by atoms with van der Waals surface area (Å²) in [6, 6.07) is 11.8. The highest BCUT2D eigenvalue weighted by Crippen LogP contribution is 2.20. The van der Waals surface area contributed by atoms with E-state index in [1.54, 1.807) is 6.07 Å². The van der Waals surface area contributed by atoms with Gasteiger partial charge in [0.05, 0.1) is 0 Å². The highest BCUT2D eigenvalue weighted by Gasteiger charge is 2.04. The lowest BCUT2D eigenvalue weighted by atomic mass is 10.1. The van der Waals surface area contributed by atoms with Gasteiger partial charge in [-0.2, -0.15) is 3.69 Å². The van der Waals surface area contributed by atoms with Crippen molar-refractivity contribution >= 4 is 34.8 Å². The topological polar surface area (TPSA) is 0 Å². The summed E-state index contributed by atoms with van der Waals surface area (Å²) in [5.74, 6) is -1.62. The van der Waals surface area contributed by atoms with Crippen LogP contribution in [0.1, 0.15) is 0 Å². The molecule has 0 amide bonds. The lowest BCUT2D eigenvalue weighted by Gasteiger charge is -2.03. The van der Waals surface area contributed by atoms with Gasteiger partial charge < -0.3 is 0 Å². The maximum absolute atomic E-state index is 13.0. The molecule has 4 heteroatoms. The fraction of sp³-hybridized carbons (Fsp3) is 0. The number of benzene rings is 2. The van der Waals surface area contributed by atoms with Gasteiger partial charge in [0.15, 0.2) is 11.6 Å². The highest BCUT2D eigenvalue weighted by molar-refractivity contribution is 9.23. The summed E-state index contributed by atoms with van der Waals surface area (Å²) in [5, 5.41) is 0. The third-order valence-corrected chi connectivity index (χ3v) is 5.08. The van der Waals surface area contributed by atoms with Crippen molar-refractivity contribution in [2.45, 2.75) is 0 Å². The van der Waals surface area contributed by atoms with Gasteiger partial charge in [-0.15, -0.1) is 0 Å². The third kappa shape index (κ3) is 2.62. The average Bonchev–Trinajstić information content (AvgIpc) is 2.33. The van der Waals surface area contributed by atoms with Gasteiger partial charge in [-0.3, -0.25) is 12.9 Å². The minimum absolute atomic E-state index is 0.340. The van der Waals surface area contributed by atoms with Gasteiger partial charge in [0, 0.05) is 0 Å². The van der Waals surface area contributed by atoms with E-state index in [2.05, 4.69) is 12.9 Å². The molecule has 0 nitrogen and oxygen atoms in total. The summed E-state index contributed by atoms with van der Waals surface area (Å²) in [5.41, 5.74) is 1.60. The molecule has 0 aromatic heterocycles. The van der Waals surface area contributed by atoms with Crippen molar-refractivity contribution in [2.75, 3.05) is 0 Å². The SMILES string of the molecule is Fc1ccc(-c2cc[c]([Mg][Br])cc2)cc1F. The van der Waals surface area contributed by atoms with Crippen LogP contribution >= 0.6 is 12.9 Å². The van der Waals surface area contributed by atoms with E-state index in [0.29, 0.717) is 5.56 Å². The third-order valence-electron chi connectivity index (χ3n) is 2.36. The predicted molar refractivity (Wildman–Crippen MR) is 66.1 cm³/mol. The van der Waals surface area contributed by atoms with Crippen molar-refractivity contribution in [1.82, 2.24) is 0 Å². The zero-order valence-electron chi connectivity index (χ0n) is 8.38. The Morgan fingerprint density at radius 3 is 2.00 bits per heavy atom. The second kappa shape index (κ2) is 5.25. The molecule has 0 aliphatic heterocycles. The van der Waals surface area contributed by atoms with Crippen molar-refractivity contribution < 1.29 is 8.78 Å². The number of hydrogen-bond acceptors (Lipinski definition) is 0. The molecule has 0 radical (unpaired) electrons. The Bertz CT molecular complexity index is 497. The van der Waals surface area contributed by atoms with Crippen LogP contribution in [0.2, 0.25) is 0 Å². The summed E-state index contributed by atoms with van der Waals surface area (Å²) in [6.45, 7) is 0. The van der Waals surface area contributed by atoms with Crippen LogP contribution in [0.25, 0.3) is 11.1 Å². The summed E-state index contributed by atoms with van der Waals surface area (Å²) in [6.07, 6.45) is 0. The van der Waals surface area contributed by atoms with Crippen LogP contribution in [-0.4, -0.2) is 18.2 Å². The van der Waals surface area contributed by atoms with Gasteiger partial charge in [-0.25, -0.2) is 8.78 Å². The molecule has 0 saturated carbocycles. The van der Waals surface area contributed by atoms with Crippen molar-refractivity contribution in [3.63, 3.8) is 0 Å². The van der Waals surface area contributed by atoms with Crippen molar-refractivity contribution in [3.8, 4) is 11.1 Å². The lowest BCUT2D eigenvalue weighted by molar-refractivity contribution is 0.509. The van der Waals surface area contributed by atoms with Crippen LogP contribution in [0.5, 0.6) is 0 Å². The minimum atomic E-state index is -0.812. The largest absolute Gasteiger partial charge is 0.506 e. The molecule has 0 unspecified atom stereocenters. The Morgan fingerprint density at radius 2 is 1.44 bits per heavy atom. The van der Waals surface area contributed by atoms with Crippen LogP contribution in [0.4, 0.5) is 8.78 Å². The maximum Gasteiger partial charge on any atom is 0.506 e. The second-order valence-corrected chi connectivity index (χ2v) is 6.23. The van der Waals surface area contributed by atoms with Gasteiger partial charge >= 0.3 is 18.2 Å². The van der Waals surface area contributed by atoms with E-state index in [-0.39, 0.29) is 18.2 Å². The molecule has 0 atom stereocenters. The van der Waals surface area contributed by atoms with Crippen molar-refractivity contribution in [2.24, 2.45) is 0 Å². The molecule has 0 heterocycles. The first-order valence-electron chi connectivity index (χ1n) is 4.81. The van der Waals surface area contributed by atoms with Crippen LogP contribution in [0.15, 0.2) is 42.5 Å². The quantitative estimate of drug-likeness (QED) is 0.746. The summed E-state index contributed by atoms with van der Waals surface area (Å²) < 4.78 is 27.1. The first kappa shape index (κ1) is 12.0. The fourth-order valence-electron chi connectivity index (χ4n) is 1.46. The fourth-order valence-corrected chi connectivity index (χ4v) is 3.00. The smallest absolute Gasteiger partial charge is 0.296 e. The highest BCUT2D eigenvalue weighted by atomic mass is 79.9. The van der Waals surface area contributed by atoms with Crippen molar-refractivity contribution in [3.05, 3.63) is 54.1 Å². The summed E-state index contributed by atoms with van der Waals surface area (Å²) >= 11 is 3.15. The summed E-state index contributed by atoms with van der Waals surface area (Å²) in [4.78, 5) is 0. The van der Waals surface area contributed by atoms with E-state index >= 15 is 0 Å². The average molecular weight is 293 g/mol. The molecule has 2 aromatic carbocycles. The van der Waals surface area contributed by atoms with Gasteiger partial charge in [-0.1, -0.05) is 30.3 Å². The van der Waals surface area contributed by atoms with Crippen LogP contribution in [0.3, 0.4) is 0 Å². The maximum atomic E-state index is 13.0. The minimum Gasteiger partial charge on any atom is -0.296 e. The van der Waals surface area contributed by atoms with Gasteiger partial charge in [0.1, 0.15) is 0 Å². The van der Waals surface area contributed by atoms with E-state index in [1.165, 1.54) is 9.76 Å². The normalized spacial score (nSPS) is 9.94. The van der Waals surface area contributed by atoms with E-state index in [1.807, 2.05) is 24.3 Å². The number of rotatable bonds is 2. The lowest BCUT2D eigenvalue weighted by Crippen LogP contribution is -2.06. The Kier molecular flexibility index (Phi) is 3.94. The molecule has 0 aliphatic carbocycles. The Hall–Kier alpha value is -0.454. The Morgan fingerprint density at radius 1 is 0.812 bits per heavy atom. The molecular weight excluding hydrogens is 286 g/mol. The van der Waals surface area contributed by atoms with Crippen LogP contribution in [-0.2, 0) is 0 Å². The van der Waals surface area contributed by atoms with E-state index < -0.39 is 11.6 Å². The predicted octanol–water partition coefficient (Wildman–Crippen LogP) is 3.27. The van der Waals surface area contributed by atoms with E-state index in [4.69, 9.17) is 0 Å². The van der Waals surface area contributed by atoms with Crippen LogP contribution in [0, 0.1) is 11.6 Å². The van der Waals surface area contributed by atoms with Gasteiger partial charge in [-0.05, 0) is 23.3 Å². The molecule has 0 N–H and O–H groups in total. The first-order valence-corrected chi connectivity index (χ1v) is 9.41. The van der Waals surface area contributed by atoms with Crippen LogP contribution < -0.4 is 3.69 Å². The number of hydrogen-bond donors (Lipinski definition) is 0. The van der Waals surface area contributed by atoms with Gasteiger partial charge in [0.2, 0.25) is 0 Å². The molecule has 2 aromatic rings. The molecule has 0 saturated heterocycles. The molecule has 78 valence electrons. The first-order chi connectivity index (χ1) is 7.70.